The number of aliphatic carboxylic acids is 1. The summed E-state index contributed by atoms with van der Waals surface area (Å²) in [6, 6.07) is 9.50. The van der Waals surface area contributed by atoms with Crippen molar-refractivity contribution in [3.8, 4) is 0 Å². The summed E-state index contributed by atoms with van der Waals surface area (Å²) in [5.74, 6) is -0.986. The molecule has 1 aliphatic heterocycles. The zero-order valence-electron chi connectivity index (χ0n) is 11.3. The zero-order valence-corrected chi connectivity index (χ0v) is 11.3. The number of carbonyl (C=O) groups excluding carboxylic acids is 1. The van der Waals surface area contributed by atoms with Crippen LogP contribution in [0.15, 0.2) is 30.3 Å². The third-order valence-corrected chi connectivity index (χ3v) is 4.53. The normalized spacial score (nSPS) is 30.8. The van der Waals surface area contributed by atoms with Gasteiger partial charge in [-0.25, -0.2) is 4.79 Å². The van der Waals surface area contributed by atoms with Gasteiger partial charge in [0.1, 0.15) is 6.61 Å². The van der Waals surface area contributed by atoms with Crippen molar-refractivity contribution in [1.82, 2.24) is 4.90 Å². The Labute approximate surface area is 117 Å². The summed E-state index contributed by atoms with van der Waals surface area (Å²) in [6.45, 7) is 3.14. The Kier molecular flexibility index (Phi) is 2.92. The number of nitrogens with zero attached hydrogens (tertiary/aromatic N) is 1. The second-order valence-corrected chi connectivity index (χ2v) is 5.85. The number of amides is 1. The molecule has 1 saturated carbocycles. The van der Waals surface area contributed by atoms with Gasteiger partial charge in [0, 0.05) is 18.5 Å². The Morgan fingerprint density at radius 3 is 2.65 bits per heavy atom. The van der Waals surface area contributed by atoms with E-state index in [0.29, 0.717) is 13.1 Å². The van der Waals surface area contributed by atoms with E-state index >= 15 is 0 Å². The predicted octanol–water partition coefficient (Wildman–Crippen LogP) is 1.98. The number of ether oxygens (including phenoxy) is 1. The van der Waals surface area contributed by atoms with E-state index in [-0.39, 0.29) is 30.0 Å². The number of rotatable bonds is 3. The molecule has 5 nitrogen and oxygen atoms in total. The zero-order chi connectivity index (χ0) is 14.3. The third-order valence-electron chi connectivity index (χ3n) is 4.53. The molecule has 1 aromatic rings. The van der Waals surface area contributed by atoms with Crippen molar-refractivity contribution < 1.29 is 19.4 Å². The molecule has 2 fully saturated rings. The van der Waals surface area contributed by atoms with Gasteiger partial charge in [0.2, 0.25) is 0 Å². The molecule has 1 aliphatic carbocycles. The van der Waals surface area contributed by atoms with Crippen molar-refractivity contribution in [1.29, 1.82) is 0 Å². The van der Waals surface area contributed by atoms with Gasteiger partial charge in [0.15, 0.2) is 0 Å². The van der Waals surface area contributed by atoms with Crippen LogP contribution in [0.25, 0.3) is 0 Å². The molecule has 0 spiro atoms. The van der Waals surface area contributed by atoms with Gasteiger partial charge in [0.25, 0.3) is 0 Å². The van der Waals surface area contributed by atoms with Gasteiger partial charge >= 0.3 is 12.1 Å². The molecular formula is C15H17NO4. The topological polar surface area (TPSA) is 66.8 Å². The quantitative estimate of drug-likeness (QED) is 0.916. The fraction of sp³-hybridized carbons (Fsp3) is 0.467. The van der Waals surface area contributed by atoms with Crippen LogP contribution in [0.2, 0.25) is 0 Å². The lowest BCUT2D eigenvalue weighted by Gasteiger charge is -2.20. The van der Waals surface area contributed by atoms with Crippen LogP contribution >= 0.6 is 0 Å². The standard InChI is InChI=1S/C15H17NO4/c1-15-9-16(7-11(15)12(15)13(17)18)14(19)20-8-10-5-3-2-4-6-10/h2-6,11-12H,7-9H2,1H3,(H,17,18). The van der Waals surface area contributed by atoms with Crippen molar-refractivity contribution in [3.05, 3.63) is 35.9 Å². The summed E-state index contributed by atoms with van der Waals surface area (Å²) in [4.78, 5) is 24.6. The first kappa shape index (κ1) is 13.0. The molecular weight excluding hydrogens is 258 g/mol. The molecule has 0 radical (unpaired) electrons. The highest BCUT2D eigenvalue weighted by molar-refractivity contribution is 5.78. The maximum atomic E-state index is 12.0. The average molecular weight is 275 g/mol. The first-order chi connectivity index (χ1) is 9.52. The second-order valence-electron chi connectivity index (χ2n) is 5.85. The van der Waals surface area contributed by atoms with E-state index in [1.165, 1.54) is 0 Å². The number of carboxylic acid groups (broad SMARTS) is 1. The largest absolute Gasteiger partial charge is 0.481 e. The molecule has 1 aromatic carbocycles. The highest BCUT2D eigenvalue weighted by atomic mass is 16.6. The molecule has 1 saturated heterocycles. The van der Waals surface area contributed by atoms with Gasteiger partial charge in [-0.1, -0.05) is 37.3 Å². The SMILES string of the molecule is CC12CN(C(=O)OCc3ccccc3)CC1C2C(=O)O. The van der Waals surface area contributed by atoms with Gasteiger partial charge in [-0.3, -0.25) is 4.79 Å². The lowest BCUT2D eigenvalue weighted by molar-refractivity contribution is -0.140. The summed E-state index contributed by atoms with van der Waals surface area (Å²) < 4.78 is 5.26. The first-order valence-electron chi connectivity index (χ1n) is 6.71. The van der Waals surface area contributed by atoms with Crippen LogP contribution in [0.3, 0.4) is 0 Å². The monoisotopic (exact) mass is 275 g/mol. The summed E-state index contributed by atoms with van der Waals surface area (Å²) in [7, 11) is 0. The Hall–Kier alpha value is -2.04. The number of carboxylic acids is 1. The van der Waals surface area contributed by atoms with Crippen LogP contribution in [0, 0.1) is 17.3 Å². The number of hydrogen-bond acceptors (Lipinski definition) is 3. The van der Waals surface area contributed by atoms with Crippen LogP contribution < -0.4 is 0 Å². The smallest absolute Gasteiger partial charge is 0.410 e. The second kappa shape index (κ2) is 4.51. The van der Waals surface area contributed by atoms with Crippen molar-refractivity contribution in [2.24, 2.45) is 17.3 Å². The van der Waals surface area contributed by atoms with Crippen LogP contribution in [-0.2, 0) is 16.1 Å². The molecule has 20 heavy (non-hydrogen) atoms. The lowest BCUT2D eigenvalue weighted by Crippen LogP contribution is -2.34. The van der Waals surface area contributed by atoms with Gasteiger partial charge < -0.3 is 14.7 Å². The fourth-order valence-corrected chi connectivity index (χ4v) is 3.31. The molecule has 1 heterocycles. The average Bonchev–Trinajstić information content (AvgIpc) is 2.85. The highest BCUT2D eigenvalue weighted by Crippen LogP contribution is 2.62. The summed E-state index contributed by atoms with van der Waals surface area (Å²) in [5.41, 5.74) is 0.678. The van der Waals surface area contributed by atoms with Crippen molar-refractivity contribution in [2.75, 3.05) is 13.1 Å². The minimum atomic E-state index is -0.755. The molecule has 1 amide bonds. The number of likely N-dealkylation sites (tertiary alicyclic amines) is 1. The van der Waals surface area contributed by atoms with E-state index in [1.807, 2.05) is 37.3 Å². The van der Waals surface area contributed by atoms with Gasteiger partial charge in [0.05, 0.1) is 5.92 Å². The van der Waals surface area contributed by atoms with Crippen molar-refractivity contribution >= 4 is 12.1 Å². The van der Waals surface area contributed by atoms with Gasteiger partial charge in [-0.05, 0) is 11.5 Å². The van der Waals surface area contributed by atoms with Crippen molar-refractivity contribution in [3.63, 3.8) is 0 Å². The molecule has 2 aliphatic rings. The van der Waals surface area contributed by atoms with E-state index < -0.39 is 5.97 Å². The van der Waals surface area contributed by atoms with Crippen LogP contribution in [-0.4, -0.2) is 35.2 Å². The Bertz CT molecular complexity index is 544. The Balaban J connectivity index is 1.53. The van der Waals surface area contributed by atoms with E-state index in [0.717, 1.165) is 5.56 Å². The summed E-state index contributed by atoms with van der Waals surface area (Å²) in [6.07, 6.45) is -0.355. The molecule has 0 bridgehead atoms. The molecule has 3 atom stereocenters. The summed E-state index contributed by atoms with van der Waals surface area (Å²) in [5, 5.41) is 9.07. The number of piperidine rings is 1. The fourth-order valence-electron chi connectivity index (χ4n) is 3.31. The summed E-state index contributed by atoms with van der Waals surface area (Å²) >= 11 is 0. The first-order valence-corrected chi connectivity index (χ1v) is 6.71. The van der Waals surface area contributed by atoms with Crippen LogP contribution in [0.4, 0.5) is 4.79 Å². The van der Waals surface area contributed by atoms with E-state index in [4.69, 9.17) is 9.84 Å². The van der Waals surface area contributed by atoms with Crippen LogP contribution in [0.5, 0.6) is 0 Å². The molecule has 3 unspecified atom stereocenters. The minimum Gasteiger partial charge on any atom is -0.481 e. The number of hydrogen-bond donors (Lipinski definition) is 1. The van der Waals surface area contributed by atoms with E-state index in [2.05, 4.69) is 0 Å². The molecule has 106 valence electrons. The molecule has 0 aromatic heterocycles. The third kappa shape index (κ3) is 2.03. The lowest BCUT2D eigenvalue weighted by atomic mass is 10.1. The number of fused-ring (bicyclic) bond motifs is 1. The Morgan fingerprint density at radius 2 is 2.10 bits per heavy atom. The number of benzene rings is 1. The maximum absolute atomic E-state index is 12.0. The molecule has 1 N–H and O–H groups in total. The number of carbonyl (C=O) groups is 2. The van der Waals surface area contributed by atoms with Crippen LogP contribution in [0.1, 0.15) is 12.5 Å². The molecule has 3 rings (SSSR count). The highest BCUT2D eigenvalue weighted by Gasteiger charge is 2.70. The van der Waals surface area contributed by atoms with E-state index in [9.17, 15) is 9.59 Å². The molecule has 5 heteroatoms. The Morgan fingerprint density at radius 1 is 1.40 bits per heavy atom. The van der Waals surface area contributed by atoms with Gasteiger partial charge in [-0.15, -0.1) is 0 Å². The minimum absolute atomic E-state index is 0.0734. The predicted molar refractivity (Wildman–Crippen MR) is 70.9 cm³/mol. The maximum Gasteiger partial charge on any atom is 0.410 e. The van der Waals surface area contributed by atoms with Gasteiger partial charge in [-0.2, -0.15) is 0 Å². The van der Waals surface area contributed by atoms with Crippen molar-refractivity contribution in [2.45, 2.75) is 13.5 Å². The van der Waals surface area contributed by atoms with E-state index in [1.54, 1.807) is 4.90 Å².